The Morgan fingerprint density at radius 3 is 2.67 bits per heavy atom. The van der Waals surface area contributed by atoms with Crippen molar-refractivity contribution >= 4 is 17.5 Å². The van der Waals surface area contributed by atoms with Crippen LogP contribution < -0.4 is 10.1 Å². The Bertz CT molecular complexity index is 363. The topological polar surface area (TPSA) is 38.3 Å². The van der Waals surface area contributed by atoms with Crippen LogP contribution in [-0.2, 0) is 4.79 Å². The molecule has 82 valence electrons. The van der Waals surface area contributed by atoms with Crippen LogP contribution in [0, 0.1) is 0 Å². The molecule has 0 fully saturated rings. The average Bonchev–Trinajstić information content (AvgIpc) is 2.15. The van der Waals surface area contributed by atoms with Gasteiger partial charge in [-0.1, -0.05) is 17.7 Å². The van der Waals surface area contributed by atoms with E-state index in [4.69, 9.17) is 16.3 Å². The zero-order valence-electron chi connectivity index (χ0n) is 9.00. The Hall–Kier alpha value is -1.22. The molecule has 3 nitrogen and oxygen atoms in total. The number of likely N-dealkylation sites (N-methyl/N-ethyl adjacent to an activating group) is 1. The van der Waals surface area contributed by atoms with Crippen LogP contribution in [0.5, 0.6) is 5.75 Å². The van der Waals surface area contributed by atoms with E-state index < -0.39 is 5.60 Å². The van der Waals surface area contributed by atoms with Gasteiger partial charge in [0, 0.05) is 12.1 Å². The number of benzene rings is 1. The molecule has 1 aromatic carbocycles. The lowest BCUT2D eigenvalue weighted by Gasteiger charge is -2.24. The molecule has 0 aromatic heterocycles. The van der Waals surface area contributed by atoms with E-state index in [1.165, 1.54) is 0 Å². The Kier molecular flexibility index (Phi) is 3.58. The fraction of sp³-hybridized carbons (Fsp3) is 0.364. The molecular weight excluding hydrogens is 214 g/mol. The van der Waals surface area contributed by atoms with Gasteiger partial charge in [-0.15, -0.1) is 0 Å². The van der Waals surface area contributed by atoms with Gasteiger partial charge in [0.25, 0.3) is 5.91 Å². The van der Waals surface area contributed by atoms with Crippen molar-refractivity contribution in [1.82, 2.24) is 5.32 Å². The lowest BCUT2D eigenvalue weighted by molar-refractivity contribution is -0.133. The summed E-state index contributed by atoms with van der Waals surface area (Å²) in [6, 6.07) is 6.96. The maximum atomic E-state index is 11.5. The maximum absolute atomic E-state index is 11.5. The van der Waals surface area contributed by atoms with Crippen molar-refractivity contribution in [1.29, 1.82) is 0 Å². The number of hydrogen-bond donors (Lipinski definition) is 1. The molecule has 0 spiro atoms. The fourth-order valence-electron chi connectivity index (χ4n) is 1.17. The maximum Gasteiger partial charge on any atom is 0.263 e. The number of carbonyl (C=O) groups excluding carboxylic acids is 1. The molecule has 1 aromatic rings. The highest BCUT2D eigenvalue weighted by Crippen LogP contribution is 2.21. The molecule has 1 amide bonds. The van der Waals surface area contributed by atoms with Crippen LogP contribution in [-0.4, -0.2) is 18.6 Å². The number of ether oxygens (including phenoxy) is 1. The van der Waals surface area contributed by atoms with Gasteiger partial charge < -0.3 is 10.1 Å². The first-order valence-electron chi connectivity index (χ1n) is 4.62. The third-order valence-corrected chi connectivity index (χ3v) is 2.18. The standard InChI is InChI=1S/C11H14ClNO2/c1-11(2,10(14)13-3)15-9-6-4-5-8(12)7-9/h4-7H,1-3H3,(H,13,14). The van der Waals surface area contributed by atoms with Gasteiger partial charge in [0.1, 0.15) is 5.75 Å². The average molecular weight is 228 g/mol. The Labute approximate surface area is 94.4 Å². The molecule has 0 saturated carbocycles. The second-order valence-corrected chi connectivity index (χ2v) is 4.09. The smallest absolute Gasteiger partial charge is 0.263 e. The largest absolute Gasteiger partial charge is 0.478 e. The summed E-state index contributed by atoms with van der Waals surface area (Å²) in [4.78, 5) is 11.5. The number of hydrogen-bond acceptors (Lipinski definition) is 2. The molecule has 0 heterocycles. The van der Waals surface area contributed by atoms with Gasteiger partial charge in [0.05, 0.1) is 0 Å². The number of halogens is 1. The molecule has 0 radical (unpaired) electrons. The van der Waals surface area contributed by atoms with Gasteiger partial charge in [0.2, 0.25) is 0 Å². The predicted octanol–water partition coefficient (Wildman–Crippen LogP) is 2.24. The van der Waals surface area contributed by atoms with Gasteiger partial charge >= 0.3 is 0 Å². The molecule has 0 saturated heterocycles. The van der Waals surface area contributed by atoms with E-state index in [0.29, 0.717) is 10.8 Å². The van der Waals surface area contributed by atoms with E-state index in [-0.39, 0.29) is 5.91 Å². The quantitative estimate of drug-likeness (QED) is 0.860. The van der Waals surface area contributed by atoms with E-state index in [2.05, 4.69) is 5.32 Å². The summed E-state index contributed by atoms with van der Waals surface area (Å²) in [5.74, 6) is 0.401. The van der Waals surface area contributed by atoms with Crippen molar-refractivity contribution in [3.63, 3.8) is 0 Å². The summed E-state index contributed by atoms with van der Waals surface area (Å²) in [5, 5.41) is 3.13. The van der Waals surface area contributed by atoms with Crippen molar-refractivity contribution in [3.8, 4) is 5.75 Å². The first-order chi connectivity index (χ1) is 6.95. The van der Waals surface area contributed by atoms with Crippen molar-refractivity contribution in [2.24, 2.45) is 0 Å². The first-order valence-corrected chi connectivity index (χ1v) is 5.00. The third-order valence-electron chi connectivity index (χ3n) is 1.94. The van der Waals surface area contributed by atoms with Crippen molar-refractivity contribution in [3.05, 3.63) is 29.3 Å². The second-order valence-electron chi connectivity index (χ2n) is 3.65. The SMILES string of the molecule is CNC(=O)C(C)(C)Oc1cccc(Cl)c1. The second kappa shape index (κ2) is 4.53. The summed E-state index contributed by atoms with van der Waals surface area (Å²) in [7, 11) is 1.57. The van der Waals surface area contributed by atoms with Crippen LogP contribution in [0.1, 0.15) is 13.8 Å². The van der Waals surface area contributed by atoms with Gasteiger partial charge in [0.15, 0.2) is 5.60 Å². The molecule has 15 heavy (non-hydrogen) atoms. The van der Waals surface area contributed by atoms with E-state index in [1.807, 2.05) is 0 Å². The molecule has 0 bridgehead atoms. The molecule has 1 N–H and O–H groups in total. The Morgan fingerprint density at radius 2 is 2.13 bits per heavy atom. The van der Waals surface area contributed by atoms with Crippen molar-refractivity contribution in [2.75, 3.05) is 7.05 Å². The summed E-state index contributed by atoms with van der Waals surface area (Å²) in [6.07, 6.45) is 0. The minimum Gasteiger partial charge on any atom is -0.478 e. The van der Waals surface area contributed by atoms with Crippen LogP contribution >= 0.6 is 11.6 Å². The van der Waals surface area contributed by atoms with Gasteiger partial charge in [-0.3, -0.25) is 4.79 Å². The molecular formula is C11H14ClNO2. The van der Waals surface area contributed by atoms with E-state index >= 15 is 0 Å². The lowest BCUT2D eigenvalue weighted by Crippen LogP contribution is -2.45. The highest BCUT2D eigenvalue weighted by molar-refractivity contribution is 6.30. The molecule has 1 rings (SSSR count). The van der Waals surface area contributed by atoms with Crippen LogP contribution in [0.15, 0.2) is 24.3 Å². The Balaban J connectivity index is 2.81. The van der Waals surface area contributed by atoms with Crippen molar-refractivity contribution in [2.45, 2.75) is 19.4 Å². The first kappa shape index (κ1) is 11.9. The molecule has 0 aliphatic carbocycles. The van der Waals surface area contributed by atoms with Gasteiger partial charge in [-0.2, -0.15) is 0 Å². The molecule has 0 unspecified atom stereocenters. The number of rotatable bonds is 3. The van der Waals surface area contributed by atoms with Gasteiger partial charge in [-0.25, -0.2) is 0 Å². The van der Waals surface area contributed by atoms with E-state index in [1.54, 1.807) is 45.2 Å². The number of nitrogens with one attached hydrogen (secondary N) is 1. The minimum absolute atomic E-state index is 0.178. The summed E-state index contributed by atoms with van der Waals surface area (Å²) in [5.41, 5.74) is -0.903. The highest BCUT2D eigenvalue weighted by Gasteiger charge is 2.28. The predicted molar refractivity (Wildman–Crippen MR) is 60.2 cm³/mol. The van der Waals surface area contributed by atoms with Crippen LogP contribution in [0.4, 0.5) is 0 Å². The van der Waals surface area contributed by atoms with Crippen molar-refractivity contribution < 1.29 is 9.53 Å². The lowest BCUT2D eigenvalue weighted by atomic mass is 10.1. The Morgan fingerprint density at radius 1 is 1.47 bits per heavy atom. The fourth-order valence-corrected chi connectivity index (χ4v) is 1.35. The third kappa shape index (κ3) is 3.13. The van der Waals surface area contributed by atoms with E-state index in [9.17, 15) is 4.79 Å². The monoisotopic (exact) mass is 227 g/mol. The minimum atomic E-state index is -0.903. The van der Waals surface area contributed by atoms with E-state index in [0.717, 1.165) is 0 Å². The van der Waals surface area contributed by atoms with Crippen LogP contribution in [0.2, 0.25) is 5.02 Å². The summed E-state index contributed by atoms with van der Waals surface area (Å²) in [6.45, 7) is 3.40. The summed E-state index contributed by atoms with van der Waals surface area (Å²) >= 11 is 5.81. The zero-order valence-corrected chi connectivity index (χ0v) is 9.76. The highest BCUT2D eigenvalue weighted by atomic mass is 35.5. The number of amides is 1. The molecule has 4 heteroatoms. The normalized spacial score (nSPS) is 10.9. The van der Waals surface area contributed by atoms with Crippen LogP contribution in [0.25, 0.3) is 0 Å². The molecule has 0 atom stereocenters. The van der Waals surface area contributed by atoms with Gasteiger partial charge in [-0.05, 0) is 32.0 Å². The molecule has 0 aliphatic heterocycles. The zero-order chi connectivity index (χ0) is 11.5. The van der Waals surface area contributed by atoms with Crippen LogP contribution in [0.3, 0.4) is 0 Å². The summed E-state index contributed by atoms with van der Waals surface area (Å²) < 4.78 is 5.54. The number of carbonyl (C=O) groups is 1. The molecule has 0 aliphatic rings.